The molecule has 0 aromatic heterocycles. The average Bonchev–Trinajstić information content (AvgIpc) is 2.80. The molecule has 1 unspecified atom stereocenters. The van der Waals surface area contributed by atoms with Gasteiger partial charge in [0.25, 0.3) is 0 Å². The number of nitrogens with zero attached hydrogens (tertiary/aromatic N) is 1. The summed E-state index contributed by atoms with van der Waals surface area (Å²) in [6.45, 7) is 4.14. The van der Waals surface area contributed by atoms with E-state index in [9.17, 15) is 14.3 Å². The highest BCUT2D eigenvalue weighted by Crippen LogP contribution is 2.27. The van der Waals surface area contributed by atoms with Gasteiger partial charge in [-0.25, -0.2) is 4.39 Å². The molecule has 1 heterocycles. The first kappa shape index (κ1) is 14.0. The molecule has 1 fully saturated rings. The van der Waals surface area contributed by atoms with Crippen molar-refractivity contribution in [2.24, 2.45) is 11.7 Å². The Hall–Kier alpha value is -1.46. The molecule has 19 heavy (non-hydrogen) atoms. The Morgan fingerprint density at radius 2 is 2.32 bits per heavy atom. The zero-order chi connectivity index (χ0) is 14.0. The second kappa shape index (κ2) is 5.67. The van der Waals surface area contributed by atoms with E-state index in [1.807, 2.05) is 0 Å². The molecule has 1 atom stereocenters. The number of hydrogen-bond donors (Lipinski definition) is 2. The van der Waals surface area contributed by atoms with E-state index in [0.717, 1.165) is 25.6 Å². The number of halogens is 1. The van der Waals surface area contributed by atoms with Gasteiger partial charge in [-0.3, -0.25) is 9.69 Å². The molecule has 104 valence electrons. The summed E-state index contributed by atoms with van der Waals surface area (Å²) in [6.07, 6.45) is 1.02. The van der Waals surface area contributed by atoms with Crippen LogP contribution in [0.3, 0.4) is 0 Å². The minimum absolute atomic E-state index is 0.0459. The Morgan fingerprint density at radius 3 is 2.89 bits per heavy atom. The Labute approximate surface area is 112 Å². The van der Waals surface area contributed by atoms with E-state index in [1.165, 1.54) is 13.0 Å². The van der Waals surface area contributed by atoms with Gasteiger partial charge in [0.05, 0.1) is 5.56 Å². The third-order valence-electron chi connectivity index (χ3n) is 3.63. The van der Waals surface area contributed by atoms with Crippen LogP contribution < -0.4 is 5.73 Å². The molecule has 0 amide bonds. The second-order valence-corrected chi connectivity index (χ2v) is 5.14. The highest BCUT2D eigenvalue weighted by Gasteiger charge is 2.23. The lowest BCUT2D eigenvalue weighted by Gasteiger charge is -2.17. The number of rotatable bonds is 4. The van der Waals surface area contributed by atoms with Crippen molar-refractivity contribution in [1.82, 2.24) is 4.90 Å². The highest BCUT2D eigenvalue weighted by molar-refractivity contribution is 5.97. The van der Waals surface area contributed by atoms with E-state index in [-0.39, 0.29) is 17.1 Å². The molecule has 0 saturated carbocycles. The van der Waals surface area contributed by atoms with Gasteiger partial charge in [-0.2, -0.15) is 0 Å². The zero-order valence-electron chi connectivity index (χ0n) is 11.0. The van der Waals surface area contributed by atoms with Gasteiger partial charge in [0.2, 0.25) is 0 Å². The van der Waals surface area contributed by atoms with Crippen molar-refractivity contribution < 1.29 is 14.3 Å². The molecule has 0 radical (unpaired) electrons. The molecular weight excluding hydrogens is 247 g/mol. The van der Waals surface area contributed by atoms with Crippen LogP contribution >= 0.6 is 0 Å². The fourth-order valence-corrected chi connectivity index (χ4v) is 2.53. The third-order valence-corrected chi connectivity index (χ3v) is 3.63. The van der Waals surface area contributed by atoms with Crippen LogP contribution in [-0.4, -0.2) is 35.4 Å². The van der Waals surface area contributed by atoms with Gasteiger partial charge in [0.15, 0.2) is 5.78 Å². The second-order valence-electron chi connectivity index (χ2n) is 5.14. The summed E-state index contributed by atoms with van der Waals surface area (Å²) >= 11 is 0. The lowest BCUT2D eigenvalue weighted by atomic mass is 10.0. The number of phenolic OH excluding ortho intramolecular Hbond substituents is 1. The number of carbonyl (C=O) groups excluding carboxylic acids is 1. The molecule has 0 aliphatic carbocycles. The number of phenols is 1. The number of carbonyl (C=O) groups is 1. The van der Waals surface area contributed by atoms with Gasteiger partial charge in [0, 0.05) is 18.7 Å². The summed E-state index contributed by atoms with van der Waals surface area (Å²) in [5, 5.41) is 10.0. The van der Waals surface area contributed by atoms with Crippen LogP contribution in [-0.2, 0) is 6.54 Å². The average molecular weight is 266 g/mol. The number of likely N-dealkylation sites (tertiary alicyclic amines) is 1. The van der Waals surface area contributed by atoms with Crippen LogP contribution in [0, 0.1) is 11.7 Å². The van der Waals surface area contributed by atoms with Gasteiger partial charge in [0.1, 0.15) is 11.6 Å². The quantitative estimate of drug-likeness (QED) is 0.811. The topological polar surface area (TPSA) is 66.6 Å². The third kappa shape index (κ3) is 3.11. The van der Waals surface area contributed by atoms with Crippen molar-refractivity contribution in [3.63, 3.8) is 0 Å². The molecule has 2 rings (SSSR count). The SMILES string of the molecule is CC(=O)c1cc(F)cc(CN2CCC(CN)C2)c1O. The Morgan fingerprint density at radius 1 is 1.58 bits per heavy atom. The standard InChI is InChI=1S/C14H19FN2O2/c1-9(18)13-5-12(15)4-11(14(13)19)8-17-3-2-10(6-16)7-17/h4-5,10,19H,2-3,6-8,16H2,1H3. The number of nitrogens with two attached hydrogens (primary N) is 1. The van der Waals surface area contributed by atoms with Gasteiger partial charge in [-0.15, -0.1) is 0 Å². The predicted molar refractivity (Wildman–Crippen MR) is 70.5 cm³/mol. The number of Topliss-reactive ketones (excluding diaryl/α,β-unsaturated/α-hetero) is 1. The molecule has 1 aromatic rings. The maximum absolute atomic E-state index is 13.5. The summed E-state index contributed by atoms with van der Waals surface area (Å²) in [7, 11) is 0. The van der Waals surface area contributed by atoms with Crippen LogP contribution in [0.5, 0.6) is 5.75 Å². The first-order chi connectivity index (χ1) is 9.01. The Kier molecular flexibility index (Phi) is 4.17. The summed E-state index contributed by atoms with van der Waals surface area (Å²) in [5.41, 5.74) is 6.13. The van der Waals surface area contributed by atoms with Crippen molar-refractivity contribution in [3.8, 4) is 5.75 Å². The molecular formula is C14H19FN2O2. The van der Waals surface area contributed by atoms with Gasteiger partial charge in [-0.1, -0.05) is 0 Å². The predicted octanol–water partition coefficient (Wildman–Crippen LogP) is 1.51. The summed E-state index contributed by atoms with van der Waals surface area (Å²) in [4.78, 5) is 13.5. The van der Waals surface area contributed by atoms with Crippen molar-refractivity contribution in [1.29, 1.82) is 0 Å². The van der Waals surface area contributed by atoms with Crippen LogP contribution in [0.25, 0.3) is 0 Å². The van der Waals surface area contributed by atoms with Crippen molar-refractivity contribution >= 4 is 5.78 Å². The number of benzene rings is 1. The summed E-state index contributed by atoms with van der Waals surface area (Å²) in [6, 6.07) is 2.37. The molecule has 0 bridgehead atoms. The summed E-state index contributed by atoms with van der Waals surface area (Å²) < 4.78 is 13.5. The molecule has 1 saturated heterocycles. The Bertz CT molecular complexity index is 491. The van der Waals surface area contributed by atoms with Crippen molar-refractivity contribution in [2.75, 3.05) is 19.6 Å². The molecule has 1 aromatic carbocycles. The lowest BCUT2D eigenvalue weighted by molar-refractivity contribution is 0.101. The largest absolute Gasteiger partial charge is 0.507 e. The first-order valence-corrected chi connectivity index (χ1v) is 6.46. The molecule has 1 aliphatic rings. The maximum Gasteiger partial charge on any atom is 0.163 e. The fraction of sp³-hybridized carbons (Fsp3) is 0.500. The zero-order valence-corrected chi connectivity index (χ0v) is 11.0. The number of aromatic hydroxyl groups is 1. The molecule has 0 spiro atoms. The first-order valence-electron chi connectivity index (χ1n) is 6.46. The van der Waals surface area contributed by atoms with Gasteiger partial charge < -0.3 is 10.8 Å². The van der Waals surface area contributed by atoms with Crippen LogP contribution in [0.2, 0.25) is 0 Å². The molecule has 3 N–H and O–H groups in total. The monoisotopic (exact) mass is 266 g/mol. The minimum atomic E-state index is -0.493. The highest BCUT2D eigenvalue weighted by atomic mass is 19.1. The summed E-state index contributed by atoms with van der Waals surface area (Å²) in [5.74, 6) is -0.472. The van der Waals surface area contributed by atoms with E-state index in [0.29, 0.717) is 24.6 Å². The van der Waals surface area contributed by atoms with Crippen LogP contribution in [0.15, 0.2) is 12.1 Å². The van der Waals surface area contributed by atoms with Crippen molar-refractivity contribution in [3.05, 3.63) is 29.1 Å². The van der Waals surface area contributed by atoms with Gasteiger partial charge >= 0.3 is 0 Å². The van der Waals surface area contributed by atoms with E-state index in [2.05, 4.69) is 4.90 Å². The lowest BCUT2D eigenvalue weighted by Crippen LogP contribution is -2.23. The minimum Gasteiger partial charge on any atom is -0.507 e. The fourth-order valence-electron chi connectivity index (χ4n) is 2.53. The van der Waals surface area contributed by atoms with Crippen molar-refractivity contribution in [2.45, 2.75) is 19.9 Å². The maximum atomic E-state index is 13.5. The van der Waals surface area contributed by atoms with Crippen LogP contribution in [0.4, 0.5) is 4.39 Å². The molecule has 1 aliphatic heterocycles. The van der Waals surface area contributed by atoms with E-state index < -0.39 is 5.82 Å². The Balaban J connectivity index is 2.19. The van der Waals surface area contributed by atoms with E-state index >= 15 is 0 Å². The number of ketones is 1. The molecule has 5 heteroatoms. The van der Waals surface area contributed by atoms with Gasteiger partial charge in [-0.05, 0) is 44.5 Å². The number of hydrogen-bond acceptors (Lipinski definition) is 4. The smallest absolute Gasteiger partial charge is 0.163 e. The van der Waals surface area contributed by atoms with E-state index in [1.54, 1.807) is 0 Å². The van der Waals surface area contributed by atoms with Crippen LogP contribution in [0.1, 0.15) is 29.3 Å². The van der Waals surface area contributed by atoms with E-state index in [4.69, 9.17) is 5.73 Å². The normalized spacial score (nSPS) is 19.8. The molecule has 4 nitrogen and oxygen atoms in total.